The maximum atomic E-state index is 12.9. The van der Waals surface area contributed by atoms with E-state index in [2.05, 4.69) is 10.2 Å². The minimum absolute atomic E-state index is 0.133. The van der Waals surface area contributed by atoms with Gasteiger partial charge in [-0.05, 0) is 43.7 Å². The highest BCUT2D eigenvalue weighted by Gasteiger charge is 2.42. The molecule has 1 atom stereocenters. The summed E-state index contributed by atoms with van der Waals surface area (Å²) in [5, 5.41) is 17.0. The Hall–Kier alpha value is -3.08. The molecule has 0 saturated heterocycles. The Morgan fingerprint density at radius 2 is 1.88 bits per heavy atom. The van der Waals surface area contributed by atoms with Crippen LogP contribution in [0, 0.1) is 13.8 Å². The Labute approximate surface area is 139 Å². The van der Waals surface area contributed by atoms with Crippen molar-refractivity contribution >= 4 is 11.6 Å². The summed E-state index contributed by atoms with van der Waals surface area (Å²) in [4.78, 5) is 14.7. The predicted molar refractivity (Wildman–Crippen MR) is 91.3 cm³/mol. The average Bonchev–Trinajstić information content (AvgIpc) is 3.07. The van der Waals surface area contributed by atoms with E-state index in [4.69, 9.17) is 0 Å². The van der Waals surface area contributed by atoms with E-state index in [1.165, 1.54) is 0 Å². The van der Waals surface area contributed by atoms with Crippen LogP contribution in [0.2, 0.25) is 0 Å². The lowest BCUT2D eigenvalue weighted by molar-refractivity contribution is 0.0988. The number of amides is 1. The van der Waals surface area contributed by atoms with Gasteiger partial charge in [0.1, 0.15) is 5.75 Å². The van der Waals surface area contributed by atoms with Crippen molar-refractivity contribution in [2.45, 2.75) is 19.9 Å². The fourth-order valence-electron chi connectivity index (χ4n) is 3.28. The number of phenolic OH excluding ortho intramolecular Hbond substituents is 1. The van der Waals surface area contributed by atoms with Crippen LogP contribution in [0.1, 0.15) is 38.9 Å². The molecule has 120 valence electrons. The SMILES string of the molecule is Cc1ccc(N2C(=O)c3n[nH]c(C)c3[C@H]2c2cccc(O)c2)cc1. The third-order valence-electron chi connectivity index (χ3n) is 4.45. The normalized spacial score (nSPS) is 16.5. The highest BCUT2D eigenvalue weighted by Crippen LogP contribution is 2.42. The number of hydrogen-bond donors (Lipinski definition) is 2. The minimum atomic E-state index is -0.305. The number of aryl methyl sites for hydroxylation is 2. The fraction of sp³-hybridized carbons (Fsp3) is 0.158. The molecule has 2 heterocycles. The number of aromatic amines is 1. The van der Waals surface area contributed by atoms with Crippen molar-refractivity contribution in [3.05, 3.63) is 76.6 Å². The molecule has 1 amide bonds. The van der Waals surface area contributed by atoms with Crippen molar-refractivity contribution < 1.29 is 9.90 Å². The number of benzene rings is 2. The maximum Gasteiger partial charge on any atom is 0.279 e. The van der Waals surface area contributed by atoms with Crippen LogP contribution >= 0.6 is 0 Å². The van der Waals surface area contributed by atoms with Gasteiger partial charge in [0.25, 0.3) is 5.91 Å². The number of nitrogens with one attached hydrogen (secondary N) is 1. The van der Waals surface area contributed by atoms with Gasteiger partial charge in [-0.15, -0.1) is 0 Å². The quantitative estimate of drug-likeness (QED) is 0.760. The van der Waals surface area contributed by atoms with Crippen molar-refractivity contribution in [1.82, 2.24) is 10.2 Å². The largest absolute Gasteiger partial charge is 0.508 e. The molecule has 5 heteroatoms. The zero-order valence-electron chi connectivity index (χ0n) is 13.4. The van der Waals surface area contributed by atoms with Crippen molar-refractivity contribution in [2.75, 3.05) is 4.90 Å². The van der Waals surface area contributed by atoms with Gasteiger partial charge in [0.05, 0.1) is 6.04 Å². The first kappa shape index (κ1) is 14.5. The lowest BCUT2D eigenvalue weighted by Gasteiger charge is -2.26. The van der Waals surface area contributed by atoms with E-state index in [9.17, 15) is 9.90 Å². The van der Waals surface area contributed by atoms with Crippen LogP contribution in [0.25, 0.3) is 0 Å². The Morgan fingerprint density at radius 1 is 1.12 bits per heavy atom. The summed E-state index contributed by atoms with van der Waals surface area (Å²) in [5.41, 5.74) is 4.98. The average molecular weight is 319 g/mol. The van der Waals surface area contributed by atoms with Crippen LogP contribution in [0.15, 0.2) is 48.5 Å². The smallest absolute Gasteiger partial charge is 0.279 e. The van der Waals surface area contributed by atoms with Crippen LogP contribution in [-0.4, -0.2) is 21.2 Å². The van der Waals surface area contributed by atoms with Gasteiger partial charge < -0.3 is 5.11 Å². The highest BCUT2D eigenvalue weighted by molar-refractivity contribution is 6.10. The van der Waals surface area contributed by atoms with E-state index in [-0.39, 0.29) is 17.7 Å². The number of aromatic hydroxyl groups is 1. The van der Waals surface area contributed by atoms with Crippen LogP contribution in [0.5, 0.6) is 5.75 Å². The second-order valence-electron chi connectivity index (χ2n) is 6.12. The van der Waals surface area contributed by atoms with Gasteiger partial charge in [0.2, 0.25) is 0 Å². The number of hydrogen-bond acceptors (Lipinski definition) is 3. The molecule has 2 N–H and O–H groups in total. The summed E-state index contributed by atoms with van der Waals surface area (Å²) in [6.45, 7) is 3.92. The third kappa shape index (κ3) is 2.09. The van der Waals surface area contributed by atoms with Gasteiger partial charge in [-0.25, -0.2) is 0 Å². The van der Waals surface area contributed by atoms with Crippen molar-refractivity contribution in [1.29, 1.82) is 0 Å². The molecule has 3 aromatic rings. The molecule has 5 nitrogen and oxygen atoms in total. The zero-order chi connectivity index (χ0) is 16.8. The van der Waals surface area contributed by atoms with Crippen LogP contribution in [0.4, 0.5) is 5.69 Å². The van der Waals surface area contributed by atoms with E-state index in [0.29, 0.717) is 5.69 Å². The van der Waals surface area contributed by atoms with Crippen molar-refractivity contribution in [3.63, 3.8) is 0 Å². The van der Waals surface area contributed by atoms with Gasteiger partial charge in [-0.2, -0.15) is 5.10 Å². The Balaban J connectivity index is 1.91. The van der Waals surface area contributed by atoms with E-state index in [1.54, 1.807) is 23.1 Å². The number of fused-ring (bicyclic) bond motifs is 1. The second kappa shape index (κ2) is 5.23. The summed E-state index contributed by atoms with van der Waals surface area (Å²) in [5.74, 6) is 0.0462. The number of carbonyl (C=O) groups excluding carboxylic acids is 1. The summed E-state index contributed by atoms with van der Waals surface area (Å²) in [6, 6.07) is 14.6. The Morgan fingerprint density at radius 3 is 2.58 bits per heavy atom. The molecule has 0 unspecified atom stereocenters. The number of aromatic nitrogens is 2. The van der Waals surface area contributed by atoms with Gasteiger partial charge in [0, 0.05) is 16.9 Å². The van der Waals surface area contributed by atoms with E-state index < -0.39 is 0 Å². The summed E-state index contributed by atoms with van der Waals surface area (Å²) in [6.07, 6.45) is 0. The molecule has 0 saturated carbocycles. The number of anilines is 1. The number of nitrogens with zero attached hydrogens (tertiary/aromatic N) is 2. The molecule has 4 rings (SSSR count). The lowest BCUT2D eigenvalue weighted by Crippen LogP contribution is -2.29. The molecule has 0 fully saturated rings. The minimum Gasteiger partial charge on any atom is -0.508 e. The molecule has 2 aromatic carbocycles. The first-order valence-corrected chi connectivity index (χ1v) is 7.80. The first-order chi connectivity index (χ1) is 11.6. The topological polar surface area (TPSA) is 69.2 Å². The standard InChI is InChI=1S/C19H17N3O2/c1-11-6-8-14(9-7-11)22-18(13-4-3-5-15(23)10-13)16-12(2)20-21-17(16)19(22)24/h3-10,18,23H,1-2H3,(H,20,21)/t18-/m1/s1. The molecule has 0 bridgehead atoms. The molecular weight excluding hydrogens is 302 g/mol. The summed E-state index contributed by atoms with van der Waals surface area (Å²) < 4.78 is 0. The maximum absolute atomic E-state index is 12.9. The number of phenols is 1. The highest BCUT2D eigenvalue weighted by atomic mass is 16.3. The van der Waals surface area contributed by atoms with E-state index >= 15 is 0 Å². The fourth-order valence-corrected chi connectivity index (χ4v) is 3.28. The second-order valence-corrected chi connectivity index (χ2v) is 6.12. The Bertz CT molecular complexity index is 928. The lowest BCUT2D eigenvalue weighted by atomic mass is 9.98. The van der Waals surface area contributed by atoms with E-state index in [0.717, 1.165) is 28.1 Å². The van der Waals surface area contributed by atoms with Crippen molar-refractivity contribution in [2.24, 2.45) is 0 Å². The Kier molecular flexibility index (Phi) is 3.16. The monoisotopic (exact) mass is 319 g/mol. The molecule has 0 aliphatic carbocycles. The number of H-pyrrole nitrogens is 1. The molecule has 0 spiro atoms. The van der Waals surface area contributed by atoms with Crippen LogP contribution in [-0.2, 0) is 0 Å². The molecule has 24 heavy (non-hydrogen) atoms. The number of carbonyl (C=O) groups is 1. The predicted octanol–water partition coefficient (Wildman–Crippen LogP) is 3.48. The molecule has 1 aliphatic heterocycles. The zero-order valence-corrected chi connectivity index (χ0v) is 13.4. The van der Waals surface area contributed by atoms with Gasteiger partial charge in [-0.1, -0.05) is 29.8 Å². The van der Waals surface area contributed by atoms with Crippen LogP contribution < -0.4 is 4.90 Å². The summed E-state index contributed by atoms with van der Waals surface area (Å²) >= 11 is 0. The molecule has 1 aromatic heterocycles. The van der Waals surface area contributed by atoms with Crippen LogP contribution in [0.3, 0.4) is 0 Å². The van der Waals surface area contributed by atoms with Gasteiger partial charge in [-0.3, -0.25) is 14.8 Å². The summed E-state index contributed by atoms with van der Waals surface area (Å²) in [7, 11) is 0. The number of rotatable bonds is 2. The molecule has 0 radical (unpaired) electrons. The van der Waals surface area contributed by atoms with Gasteiger partial charge in [0.15, 0.2) is 5.69 Å². The first-order valence-electron chi connectivity index (χ1n) is 7.80. The molecular formula is C19H17N3O2. The van der Waals surface area contributed by atoms with Gasteiger partial charge >= 0.3 is 0 Å². The third-order valence-corrected chi connectivity index (χ3v) is 4.45. The van der Waals surface area contributed by atoms with Crippen molar-refractivity contribution in [3.8, 4) is 5.75 Å². The van der Waals surface area contributed by atoms with E-state index in [1.807, 2.05) is 44.2 Å². The molecule has 1 aliphatic rings.